The summed E-state index contributed by atoms with van der Waals surface area (Å²) in [6.07, 6.45) is 3.65. The molecule has 0 amide bonds. The van der Waals surface area contributed by atoms with Gasteiger partial charge < -0.3 is 4.74 Å². The van der Waals surface area contributed by atoms with E-state index in [1.165, 1.54) is 42.4 Å². The van der Waals surface area contributed by atoms with Crippen LogP contribution in [0, 0.1) is 5.82 Å². The number of nitrogen functional groups attached to an aromatic ring is 1. The molecule has 0 saturated heterocycles. The fourth-order valence-corrected chi connectivity index (χ4v) is 1.77. The highest BCUT2D eigenvalue weighted by Crippen LogP contribution is 2.33. The number of nitrogens with two attached hydrogens (primary N) is 1. The quantitative estimate of drug-likeness (QED) is 0.505. The molecule has 0 radical (unpaired) electrons. The lowest BCUT2D eigenvalue weighted by atomic mass is 10.0. The van der Waals surface area contributed by atoms with Crippen LogP contribution >= 0.6 is 0 Å². The molecule has 5 heteroatoms. The Morgan fingerprint density at radius 2 is 2.17 bits per heavy atom. The van der Waals surface area contributed by atoms with Crippen molar-refractivity contribution in [3.8, 4) is 16.9 Å². The molecule has 2 aromatic rings. The zero-order valence-electron chi connectivity index (χ0n) is 9.76. The zero-order valence-corrected chi connectivity index (χ0v) is 9.76. The Morgan fingerprint density at radius 3 is 2.83 bits per heavy atom. The Labute approximate surface area is 103 Å². The van der Waals surface area contributed by atoms with Crippen LogP contribution in [0.2, 0.25) is 0 Å². The lowest BCUT2D eigenvalue weighted by Gasteiger charge is -2.09. The van der Waals surface area contributed by atoms with Crippen molar-refractivity contribution in [2.24, 2.45) is 0 Å². The van der Waals surface area contributed by atoms with Crippen molar-refractivity contribution in [3.05, 3.63) is 48.0 Å². The highest BCUT2D eigenvalue weighted by atomic mass is 19.1. The standard InChI is InChI=1S/C13H11FN2O2/c1-18-12-4-2-3-11(14)13(12)10-7-16(15)6-5-9(10)8-17/h2-8H,1H3,(H-,15,17)/p+1. The number of aromatic nitrogens is 1. The second kappa shape index (κ2) is 4.83. The fourth-order valence-electron chi connectivity index (χ4n) is 1.77. The van der Waals surface area contributed by atoms with Crippen LogP contribution in [0.3, 0.4) is 0 Å². The van der Waals surface area contributed by atoms with Gasteiger partial charge in [-0.05, 0) is 12.1 Å². The molecule has 1 aromatic heterocycles. The summed E-state index contributed by atoms with van der Waals surface area (Å²) < 4.78 is 20.3. The van der Waals surface area contributed by atoms with Gasteiger partial charge in [0.2, 0.25) is 6.20 Å². The van der Waals surface area contributed by atoms with E-state index in [0.717, 1.165) is 0 Å². The number of methoxy groups -OCH3 is 1. The van der Waals surface area contributed by atoms with Gasteiger partial charge in [-0.25, -0.2) is 10.2 Å². The van der Waals surface area contributed by atoms with Crippen molar-refractivity contribution >= 4 is 6.29 Å². The third-order valence-corrected chi connectivity index (χ3v) is 2.61. The van der Waals surface area contributed by atoms with Crippen LogP contribution in [0.1, 0.15) is 10.4 Å². The van der Waals surface area contributed by atoms with E-state index in [4.69, 9.17) is 10.6 Å². The fraction of sp³-hybridized carbons (Fsp3) is 0.0769. The number of carbonyl (C=O) groups is 1. The molecule has 0 saturated carbocycles. The molecule has 0 spiro atoms. The van der Waals surface area contributed by atoms with E-state index < -0.39 is 5.82 Å². The maximum Gasteiger partial charge on any atom is 0.207 e. The van der Waals surface area contributed by atoms with Gasteiger partial charge in [0.15, 0.2) is 12.5 Å². The Kier molecular flexibility index (Phi) is 3.23. The van der Waals surface area contributed by atoms with Crippen LogP contribution in [0.25, 0.3) is 11.1 Å². The maximum atomic E-state index is 13.9. The third-order valence-electron chi connectivity index (χ3n) is 2.61. The number of nitrogens with zero attached hydrogens (tertiary/aromatic N) is 1. The first-order valence-electron chi connectivity index (χ1n) is 5.26. The second-order valence-electron chi connectivity index (χ2n) is 3.70. The number of ether oxygens (including phenoxy) is 1. The summed E-state index contributed by atoms with van der Waals surface area (Å²) in [5, 5.41) is 0. The van der Waals surface area contributed by atoms with Crippen molar-refractivity contribution < 1.29 is 18.6 Å². The normalized spacial score (nSPS) is 10.1. The lowest BCUT2D eigenvalue weighted by Crippen LogP contribution is -2.43. The van der Waals surface area contributed by atoms with E-state index in [1.54, 1.807) is 6.07 Å². The first-order chi connectivity index (χ1) is 8.67. The minimum absolute atomic E-state index is 0.224. The highest BCUT2D eigenvalue weighted by molar-refractivity contribution is 5.88. The topological polar surface area (TPSA) is 56.2 Å². The van der Waals surface area contributed by atoms with Gasteiger partial charge in [0, 0.05) is 11.6 Å². The van der Waals surface area contributed by atoms with Gasteiger partial charge in [0.25, 0.3) is 0 Å². The van der Waals surface area contributed by atoms with E-state index in [-0.39, 0.29) is 5.56 Å². The van der Waals surface area contributed by atoms with Gasteiger partial charge in [-0.15, -0.1) is 0 Å². The molecule has 1 heterocycles. The van der Waals surface area contributed by atoms with Gasteiger partial charge in [0.05, 0.1) is 18.2 Å². The van der Waals surface area contributed by atoms with Gasteiger partial charge >= 0.3 is 0 Å². The summed E-state index contributed by atoms with van der Waals surface area (Å²) >= 11 is 0. The van der Waals surface area contributed by atoms with Crippen LogP contribution in [0.4, 0.5) is 4.39 Å². The molecule has 1 aromatic carbocycles. The zero-order chi connectivity index (χ0) is 13.1. The highest BCUT2D eigenvalue weighted by Gasteiger charge is 2.18. The number of carbonyl (C=O) groups excluding carboxylic acids is 1. The van der Waals surface area contributed by atoms with E-state index >= 15 is 0 Å². The molecule has 2 rings (SSSR count). The van der Waals surface area contributed by atoms with Gasteiger partial charge in [-0.3, -0.25) is 4.79 Å². The molecular formula is C13H12FN2O2+. The number of aldehydes is 1. The van der Waals surface area contributed by atoms with Crippen LogP contribution < -0.4 is 15.3 Å². The Bertz CT molecular complexity index is 600. The van der Waals surface area contributed by atoms with Crippen molar-refractivity contribution in [1.82, 2.24) is 0 Å². The van der Waals surface area contributed by atoms with Crippen LogP contribution in [0.15, 0.2) is 36.7 Å². The van der Waals surface area contributed by atoms with Gasteiger partial charge in [-0.1, -0.05) is 10.7 Å². The average Bonchev–Trinajstić information content (AvgIpc) is 2.38. The first-order valence-corrected chi connectivity index (χ1v) is 5.26. The molecular weight excluding hydrogens is 235 g/mol. The predicted molar refractivity (Wildman–Crippen MR) is 64.1 cm³/mol. The Hall–Kier alpha value is -2.43. The molecule has 0 aliphatic carbocycles. The van der Waals surface area contributed by atoms with Gasteiger partial charge in [0.1, 0.15) is 11.6 Å². The van der Waals surface area contributed by atoms with Gasteiger partial charge in [-0.2, -0.15) is 0 Å². The summed E-state index contributed by atoms with van der Waals surface area (Å²) in [6, 6.07) is 5.99. The SMILES string of the molecule is COc1cccc(F)c1-c1c[n+](N)ccc1C=O. The van der Waals surface area contributed by atoms with Crippen molar-refractivity contribution in [2.75, 3.05) is 13.0 Å². The van der Waals surface area contributed by atoms with Crippen molar-refractivity contribution in [3.63, 3.8) is 0 Å². The molecule has 0 fully saturated rings. The van der Waals surface area contributed by atoms with Crippen LogP contribution in [-0.2, 0) is 0 Å². The average molecular weight is 247 g/mol. The van der Waals surface area contributed by atoms with E-state index in [0.29, 0.717) is 23.2 Å². The van der Waals surface area contributed by atoms with Crippen LogP contribution in [0.5, 0.6) is 5.75 Å². The van der Waals surface area contributed by atoms with E-state index in [9.17, 15) is 9.18 Å². The summed E-state index contributed by atoms with van der Waals surface area (Å²) in [5.41, 5.74) is 0.965. The maximum absolute atomic E-state index is 13.9. The molecule has 2 N–H and O–H groups in total. The molecule has 0 bridgehead atoms. The minimum atomic E-state index is -0.469. The van der Waals surface area contributed by atoms with Crippen LogP contribution in [-0.4, -0.2) is 13.4 Å². The number of hydrogen-bond donors (Lipinski definition) is 1. The first kappa shape index (κ1) is 12.0. The number of pyridine rings is 1. The second-order valence-corrected chi connectivity index (χ2v) is 3.70. The van der Waals surface area contributed by atoms with Crippen molar-refractivity contribution in [2.45, 2.75) is 0 Å². The molecule has 0 aliphatic heterocycles. The third kappa shape index (κ3) is 2.02. The Balaban J connectivity index is 2.75. The van der Waals surface area contributed by atoms with Crippen molar-refractivity contribution in [1.29, 1.82) is 0 Å². The molecule has 0 atom stereocenters. The molecule has 0 aliphatic rings. The summed E-state index contributed by atoms with van der Waals surface area (Å²) in [4.78, 5) is 11.0. The number of rotatable bonds is 3. The molecule has 4 nitrogen and oxygen atoms in total. The number of benzene rings is 1. The number of halogens is 1. The Morgan fingerprint density at radius 1 is 1.39 bits per heavy atom. The molecule has 18 heavy (non-hydrogen) atoms. The minimum Gasteiger partial charge on any atom is -0.496 e. The lowest BCUT2D eigenvalue weighted by molar-refractivity contribution is -0.638. The molecule has 92 valence electrons. The largest absolute Gasteiger partial charge is 0.496 e. The summed E-state index contributed by atoms with van der Waals surface area (Å²) in [5.74, 6) is 5.48. The predicted octanol–water partition coefficient (Wildman–Crippen LogP) is 1.32. The summed E-state index contributed by atoms with van der Waals surface area (Å²) in [7, 11) is 1.44. The number of hydrogen-bond acceptors (Lipinski definition) is 3. The smallest absolute Gasteiger partial charge is 0.207 e. The summed E-state index contributed by atoms with van der Waals surface area (Å²) in [6.45, 7) is 0. The van der Waals surface area contributed by atoms with E-state index in [1.807, 2.05) is 0 Å². The van der Waals surface area contributed by atoms with E-state index in [2.05, 4.69) is 0 Å². The monoisotopic (exact) mass is 247 g/mol. The molecule has 0 unspecified atom stereocenters.